The van der Waals surface area contributed by atoms with E-state index in [0.717, 1.165) is 0 Å². The highest BCUT2D eigenvalue weighted by atomic mass is 79.9. The van der Waals surface area contributed by atoms with Gasteiger partial charge in [0.05, 0.1) is 6.54 Å². The van der Waals surface area contributed by atoms with Crippen LogP contribution in [0.4, 0.5) is 0 Å². The fraction of sp³-hybridized carbons (Fsp3) is 0.500. The first-order valence-corrected chi connectivity index (χ1v) is 6.47. The average molecular weight is 317 g/mol. The van der Waals surface area contributed by atoms with Crippen LogP contribution in [0.2, 0.25) is 0 Å². The van der Waals surface area contributed by atoms with Gasteiger partial charge in [-0.2, -0.15) is 0 Å². The first-order valence-electron chi connectivity index (χ1n) is 5.67. The molecule has 0 saturated carbocycles. The molecule has 0 bridgehead atoms. The van der Waals surface area contributed by atoms with Crippen LogP contribution in [0.3, 0.4) is 0 Å². The summed E-state index contributed by atoms with van der Waals surface area (Å²) in [6.45, 7) is 4.64. The highest BCUT2D eigenvalue weighted by molar-refractivity contribution is 9.10. The standard InChI is InChI=1S/C12H17BrN2O3/c1-8(2)6-14-11(16)7-15(3)12(17)9-4-5-10(13)18-9/h4-5,8H,6-7H2,1-3H3,(H,14,16). The van der Waals surface area contributed by atoms with Crippen molar-refractivity contribution >= 4 is 27.7 Å². The van der Waals surface area contributed by atoms with Gasteiger partial charge in [0.15, 0.2) is 10.4 Å². The summed E-state index contributed by atoms with van der Waals surface area (Å²) in [5.41, 5.74) is 0. The SMILES string of the molecule is CC(C)CNC(=O)CN(C)C(=O)c1ccc(Br)o1. The third-order valence-electron chi connectivity index (χ3n) is 2.22. The number of hydrogen-bond acceptors (Lipinski definition) is 3. The number of carbonyl (C=O) groups excluding carboxylic acids is 2. The van der Waals surface area contributed by atoms with Gasteiger partial charge in [0, 0.05) is 13.6 Å². The Bertz CT molecular complexity index is 429. The molecule has 1 heterocycles. The number of nitrogens with zero attached hydrogens (tertiary/aromatic N) is 1. The minimum absolute atomic E-state index is 0.0177. The van der Waals surface area contributed by atoms with Crippen LogP contribution >= 0.6 is 15.9 Å². The molecule has 0 aromatic carbocycles. The summed E-state index contributed by atoms with van der Waals surface area (Å²) in [5.74, 6) is 0.0996. The fourth-order valence-electron chi connectivity index (χ4n) is 1.28. The minimum Gasteiger partial charge on any atom is -0.444 e. The quantitative estimate of drug-likeness (QED) is 0.902. The van der Waals surface area contributed by atoms with Gasteiger partial charge in [-0.3, -0.25) is 9.59 Å². The average Bonchev–Trinajstić information content (AvgIpc) is 2.72. The molecular weight excluding hydrogens is 300 g/mol. The summed E-state index contributed by atoms with van der Waals surface area (Å²) in [5, 5.41) is 2.75. The molecule has 2 amide bonds. The van der Waals surface area contributed by atoms with E-state index in [2.05, 4.69) is 21.2 Å². The van der Waals surface area contributed by atoms with E-state index in [1.165, 1.54) is 4.90 Å². The number of furan rings is 1. The van der Waals surface area contributed by atoms with Crippen molar-refractivity contribution in [1.82, 2.24) is 10.2 Å². The maximum atomic E-state index is 11.9. The molecular formula is C12H17BrN2O3. The number of likely N-dealkylation sites (N-methyl/N-ethyl adjacent to an activating group) is 1. The number of halogens is 1. The zero-order valence-corrected chi connectivity index (χ0v) is 12.3. The van der Waals surface area contributed by atoms with Gasteiger partial charge in [-0.15, -0.1) is 0 Å². The van der Waals surface area contributed by atoms with Gasteiger partial charge in [-0.05, 0) is 34.0 Å². The fourth-order valence-corrected chi connectivity index (χ4v) is 1.58. The number of nitrogens with one attached hydrogen (secondary N) is 1. The predicted octanol–water partition coefficient (Wildman–Crippen LogP) is 1.89. The first kappa shape index (κ1) is 14.8. The van der Waals surface area contributed by atoms with Crippen LogP contribution in [0.15, 0.2) is 21.2 Å². The van der Waals surface area contributed by atoms with Gasteiger partial charge in [0.25, 0.3) is 5.91 Å². The normalized spacial score (nSPS) is 10.5. The lowest BCUT2D eigenvalue weighted by Crippen LogP contribution is -2.39. The summed E-state index contributed by atoms with van der Waals surface area (Å²) in [4.78, 5) is 24.7. The van der Waals surface area contributed by atoms with E-state index in [1.807, 2.05) is 13.8 Å². The van der Waals surface area contributed by atoms with E-state index >= 15 is 0 Å². The monoisotopic (exact) mass is 316 g/mol. The molecule has 0 aliphatic rings. The molecule has 0 atom stereocenters. The molecule has 0 saturated heterocycles. The van der Waals surface area contributed by atoms with E-state index in [-0.39, 0.29) is 24.1 Å². The zero-order chi connectivity index (χ0) is 13.7. The Kier molecular flexibility index (Phi) is 5.40. The van der Waals surface area contributed by atoms with Crippen molar-refractivity contribution in [1.29, 1.82) is 0 Å². The van der Waals surface area contributed by atoms with Gasteiger partial charge in [-0.25, -0.2) is 0 Å². The van der Waals surface area contributed by atoms with Gasteiger partial charge in [0.1, 0.15) is 0 Å². The number of amides is 2. The Balaban J connectivity index is 2.47. The summed E-state index contributed by atoms with van der Waals surface area (Å²) in [6.07, 6.45) is 0. The first-order chi connectivity index (χ1) is 8.40. The molecule has 1 aromatic heterocycles. The van der Waals surface area contributed by atoms with E-state index in [0.29, 0.717) is 17.1 Å². The summed E-state index contributed by atoms with van der Waals surface area (Å²) in [6, 6.07) is 3.20. The van der Waals surface area contributed by atoms with Crippen molar-refractivity contribution in [2.45, 2.75) is 13.8 Å². The maximum Gasteiger partial charge on any atom is 0.289 e. The van der Waals surface area contributed by atoms with Gasteiger partial charge in [0.2, 0.25) is 5.91 Å². The lowest BCUT2D eigenvalue weighted by atomic mass is 10.2. The van der Waals surface area contributed by atoms with Crippen molar-refractivity contribution in [3.05, 3.63) is 22.6 Å². The van der Waals surface area contributed by atoms with Gasteiger partial charge >= 0.3 is 0 Å². The highest BCUT2D eigenvalue weighted by Gasteiger charge is 2.17. The Morgan fingerprint density at radius 1 is 1.44 bits per heavy atom. The predicted molar refractivity (Wildman–Crippen MR) is 71.2 cm³/mol. The molecule has 0 aliphatic heterocycles. The number of hydrogen-bond donors (Lipinski definition) is 1. The Morgan fingerprint density at radius 3 is 2.61 bits per heavy atom. The largest absolute Gasteiger partial charge is 0.444 e. The zero-order valence-electron chi connectivity index (χ0n) is 10.7. The Hall–Kier alpha value is -1.30. The smallest absolute Gasteiger partial charge is 0.289 e. The van der Waals surface area contributed by atoms with Gasteiger partial charge in [-0.1, -0.05) is 13.8 Å². The van der Waals surface area contributed by atoms with Crippen molar-refractivity contribution in [3.63, 3.8) is 0 Å². The molecule has 0 aliphatic carbocycles. The van der Waals surface area contributed by atoms with E-state index in [9.17, 15) is 9.59 Å². The minimum atomic E-state index is -0.319. The van der Waals surface area contributed by atoms with E-state index < -0.39 is 0 Å². The second-order valence-corrected chi connectivity index (χ2v) is 5.24. The molecule has 5 nitrogen and oxygen atoms in total. The van der Waals surface area contributed by atoms with Crippen molar-refractivity contribution in [3.8, 4) is 0 Å². The van der Waals surface area contributed by atoms with Crippen LogP contribution in [0.1, 0.15) is 24.4 Å². The van der Waals surface area contributed by atoms with E-state index in [4.69, 9.17) is 4.42 Å². The van der Waals surface area contributed by atoms with E-state index in [1.54, 1.807) is 19.2 Å². The van der Waals surface area contributed by atoms with Crippen LogP contribution in [-0.2, 0) is 4.79 Å². The van der Waals surface area contributed by atoms with Crippen LogP contribution in [0, 0.1) is 5.92 Å². The van der Waals surface area contributed by atoms with Crippen LogP contribution in [0.25, 0.3) is 0 Å². The van der Waals surface area contributed by atoms with Crippen LogP contribution in [0.5, 0.6) is 0 Å². The third-order valence-corrected chi connectivity index (χ3v) is 2.65. The van der Waals surface area contributed by atoms with Crippen LogP contribution < -0.4 is 5.32 Å². The summed E-state index contributed by atoms with van der Waals surface area (Å²) >= 11 is 3.12. The molecule has 0 fully saturated rings. The maximum absolute atomic E-state index is 11.9. The van der Waals surface area contributed by atoms with Crippen molar-refractivity contribution < 1.29 is 14.0 Å². The Morgan fingerprint density at radius 2 is 2.11 bits per heavy atom. The lowest BCUT2D eigenvalue weighted by Gasteiger charge is -2.16. The molecule has 100 valence electrons. The molecule has 0 radical (unpaired) electrons. The molecule has 18 heavy (non-hydrogen) atoms. The number of carbonyl (C=O) groups is 2. The topological polar surface area (TPSA) is 62.6 Å². The second-order valence-electron chi connectivity index (χ2n) is 4.46. The molecule has 0 unspecified atom stereocenters. The Labute approximate surface area is 115 Å². The molecule has 1 aromatic rings. The molecule has 0 spiro atoms. The second kappa shape index (κ2) is 6.58. The molecule has 6 heteroatoms. The van der Waals surface area contributed by atoms with Crippen molar-refractivity contribution in [2.24, 2.45) is 5.92 Å². The molecule has 1 rings (SSSR count). The molecule has 1 N–H and O–H groups in total. The van der Waals surface area contributed by atoms with Gasteiger partial charge < -0.3 is 14.6 Å². The highest BCUT2D eigenvalue weighted by Crippen LogP contribution is 2.15. The van der Waals surface area contributed by atoms with Crippen molar-refractivity contribution in [2.75, 3.05) is 20.1 Å². The third kappa shape index (κ3) is 4.52. The summed E-state index contributed by atoms with van der Waals surface area (Å²) in [7, 11) is 1.56. The number of rotatable bonds is 5. The summed E-state index contributed by atoms with van der Waals surface area (Å²) < 4.78 is 5.63. The lowest BCUT2D eigenvalue weighted by molar-refractivity contribution is -0.121. The van der Waals surface area contributed by atoms with Crippen LogP contribution in [-0.4, -0.2) is 36.9 Å².